The highest BCUT2D eigenvalue weighted by molar-refractivity contribution is 6.18. The fourth-order valence-corrected chi connectivity index (χ4v) is 2.17. The van der Waals surface area contributed by atoms with Crippen LogP contribution in [0.15, 0.2) is 24.3 Å². The molecule has 2 N–H and O–H groups in total. The average Bonchev–Trinajstić information content (AvgIpc) is 2.46. The van der Waals surface area contributed by atoms with Gasteiger partial charge in [-0.15, -0.1) is 34.8 Å². The third-order valence-electron chi connectivity index (χ3n) is 2.58. The van der Waals surface area contributed by atoms with Crippen LogP contribution in [0.4, 0.5) is 16.2 Å². The SMILES string of the molecule is O=C(NCCCl)Nc1ccc(N(CCCl)CCCl)cc1. The maximum absolute atomic E-state index is 11.5. The average molecular weight is 339 g/mol. The minimum absolute atomic E-state index is 0.267. The van der Waals surface area contributed by atoms with Gasteiger partial charge < -0.3 is 15.5 Å². The monoisotopic (exact) mass is 337 g/mol. The van der Waals surface area contributed by atoms with Crippen molar-refractivity contribution in [1.29, 1.82) is 0 Å². The largest absolute Gasteiger partial charge is 0.369 e. The summed E-state index contributed by atoms with van der Waals surface area (Å²) in [5, 5.41) is 5.36. The maximum atomic E-state index is 11.5. The first-order valence-corrected chi connectivity index (χ1v) is 7.89. The van der Waals surface area contributed by atoms with E-state index in [4.69, 9.17) is 34.8 Å². The lowest BCUT2D eigenvalue weighted by atomic mass is 10.2. The van der Waals surface area contributed by atoms with E-state index < -0.39 is 0 Å². The van der Waals surface area contributed by atoms with Crippen LogP contribution in [0.5, 0.6) is 0 Å². The number of hydrogen-bond acceptors (Lipinski definition) is 2. The quantitative estimate of drug-likeness (QED) is 0.714. The Labute approximate surface area is 134 Å². The summed E-state index contributed by atoms with van der Waals surface area (Å²) < 4.78 is 0. The van der Waals surface area contributed by atoms with E-state index in [2.05, 4.69) is 15.5 Å². The molecular formula is C13H18Cl3N3O. The number of hydrogen-bond donors (Lipinski definition) is 2. The van der Waals surface area contributed by atoms with Crippen LogP contribution in [0.25, 0.3) is 0 Å². The lowest BCUT2D eigenvalue weighted by Gasteiger charge is -2.23. The molecule has 0 heterocycles. The molecule has 0 saturated carbocycles. The summed E-state index contributed by atoms with van der Waals surface area (Å²) in [5.41, 5.74) is 1.75. The number of halogens is 3. The Morgan fingerprint density at radius 2 is 1.60 bits per heavy atom. The van der Waals surface area contributed by atoms with Gasteiger partial charge in [-0.2, -0.15) is 0 Å². The summed E-state index contributed by atoms with van der Waals surface area (Å²) in [5.74, 6) is 1.47. The Bertz CT molecular complexity index is 394. The Morgan fingerprint density at radius 3 is 2.10 bits per heavy atom. The minimum Gasteiger partial charge on any atom is -0.369 e. The molecule has 0 aliphatic carbocycles. The molecule has 1 aromatic rings. The van der Waals surface area contributed by atoms with Crippen LogP contribution in [0.2, 0.25) is 0 Å². The number of benzene rings is 1. The number of amides is 2. The van der Waals surface area contributed by atoms with E-state index in [1.54, 1.807) is 0 Å². The topological polar surface area (TPSA) is 44.4 Å². The number of nitrogens with zero attached hydrogens (tertiary/aromatic N) is 1. The highest BCUT2D eigenvalue weighted by Crippen LogP contribution is 2.18. The molecule has 7 heteroatoms. The summed E-state index contributed by atoms with van der Waals surface area (Å²) in [6.45, 7) is 1.90. The van der Waals surface area contributed by atoms with E-state index in [0.717, 1.165) is 24.5 Å². The normalized spacial score (nSPS) is 10.2. The van der Waals surface area contributed by atoms with Crippen molar-refractivity contribution in [3.05, 3.63) is 24.3 Å². The van der Waals surface area contributed by atoms with E-state index in [0.29, 0.717) is 24.2 Å². The number of anilines is 2. The van der Waals surface area contributed by atoms with E-state index in [-0.39, 0.29) is 6.03 Å². The van der Waals surface area contributed by atoms with Crippen LogP contribution < -0.4 is 15.5 Å². The van der Waals surface area contributed by atoms with Crippen molar-refractivity contribution < 1.29 is 4.79 Å². The molecule has 4 nitrogen and oxygen atoms in total. The zero-order valence-corrected chi connectivity index (χ0v) is 13.3. The van der Waals surface area contributed by atoms with Crippen molar-refractivity contribution >= 4 is 52.2 Å². The molecule has 2 amide bonds. The molecule has 0 aliphatic heterocycles. The molecule has 0 aromatic heterocycles. The molecule has 0 spiro atoms. The molecule has 1 rings (SSSR count). The second-order valence-corrected chi connectivity index (χ2v) is 5.12. The molecule has 0 fully saturated rings. The van der Waals surface area contributed by atoms with Gasteiger partial charge >= 0.3 is 6.03 Å². The lowest BCUT2D eigenvalue weighted by molar-refractivity contribution is 0.252. The zero-order chi connectivity index (χ0) is 14.8. The van der Waals surface area contributed by atoms with Gasteiger partial charge in [0.05, 0.1) is 0 Å². The smallest absolute Gasteiger partial charge is 0.319 e. The summed E-state index contributed by atoms with van der Waals surface area (Å²) in [6, 6.07) is 7.26. The summed E-state index contributed by atoms with van der Waals surface area (Å²) in [6.07, 6.45) is 0. The molecule has 1 aromatic carbocycles. The second-order valence-electron chi connectivity index (χ2n) is 3.98. The van der Waals surface area contributed by atoms with Crippen molar-refractivity contribution in [2.45, 2.75) is 0 Å². The third kappa shape index (κ3) is 6.07. The Kier molecular flexibility index (Phi) is 8.58. The van der Waals surface area contributed by atoms with Gasteiger partial charge in [0.2, 0.25) is 0 Å². The van der Waals surface area contributed by atoms with Gasteiger partial charge in [0.15, 0.2) is 0 Å². The van der Waals surface area contributed by atoms with E-state index in [1.807, 2.05) is 24.3 Å². The zero-order valence-electron chi connectivity index (χ0n) is 11.0. The molecule has 0 saturated heterocycles. The van der Waals surface area contributed by atoms with Crippen LogP contribution in [0, 0.1) is 0 Å². The number of nitrogens with one attached hydrogen (secondary N) is 2. The molecule has 0 radical (unpaired) electrons. The van der Waals surface area contributed by atoms with Crippen molar-refractivity contribution in [3.8, 4) is 0 Å². The molecule has 0 aliphatic rings. The minimum atomic E-state index is -0.267. The van der Waals surface area contributed by atoms with Crippen LogP contribution in [0.1, 0.15) is 0 Å². The molecule has 20 heavy (non-hydrogen) atoms. The third-order valence-corrected chi connectivity index (χ3v) is 3.11. The van der Waals surface area contributed by atoms with Crippen LogP contribution in [-0.2, 0) is 0 Å². The van der Waals surface area contributed by atoms with Gasteiger partial charge in [-0.05, 0) is 24.3 Å². The maximum Gasteiger partial charge on any atom is 0.319 e. The molecule has 0 atom stereocenters. The van der Waals surface area contributed by atoms with Crippen LogP contribution in [-0.4, -0.2) is 43.3 Å². The molecule has 112 valence electrons. The van der Waals surface area contributed by atoms with Crippen molar-refractivity contribution in [2.24, 2.45) is 0 Å². The Morgan fingerprint density at radius 1 is 1.00 bits per heavy atom. The van der Waals surface area contributed by atoms with Crippen molar-refractivity contribution in [3.63, 3.8) is 0 Å². The summed E-state index contributed by atoms with van der Waals surface area (Å²) >= 11 is 17.0. The van der Waals surface area contributed by atoms with E-state index >= 15 is 0 Å². The molecular weight excluding hydrogens is 321 g/mol. The van der Waals surface area contributed by atoms with E-state index in [9.17, 15) is 4.79 Å². The van der Waals surface area contributed by atoms with Crippen LogP contribution in [0.3, 0.4) is 0 Å². The van der Waals surface area contributed by atoms with Gasteiger partial charge in [0, 0.05) is 48.6 Å². The summed E-state index contributed by atoms with van der Waals surface area (Å²) in [7, 11) is 0. The van der Waals surface area contributed by atoms with Crippen molar-refractivity contribution in [2.75, 3.05) is 47.5 Å². The molecule has 0 unspecified atom stereocenters. The highest BCUT2D eigenvalue weighted by atomic mass is 35.5. The first-order chi connectivity index (χ1) is 9.71. The number of urea groups is 1. The predicted octanol–water partition coefficient (Wildman–Crippen LogP) is 3.33. The van der Waals surface area contributed by atoms with Crippen LogP contribution >= 0.6 is 34.8 Å². The van der Waals surface area contributed by atoms with Gasteiger partial charge in [0.25, 0.3) is 0 Å². The first-order valence-electron chi connectivity index (χ1n) is 6.29. The van der Waals surface area contributed by atoms with Gasteiger partial charge in [-0.1, -0.05) is 0 Å². The fraction of sp³-hybridized carbons (Fsp3) is 0.462. The van der Waals surface area contributed by atoms with Gasteiger partial charge in [-0.25, -0.2) is 4.79 Å². The van der Waals surface area contributed by atoms with E-state index in [1.165, 1.54) is 0 Å². The number of carbonyl (C=O) groups is 1. The second kappa shape index (κ2) is 9.97. The predicted molar refractivity (Wildman–Crippen MR) is 87.8 cm³/mol. The Balaban J connectivity index is 2.60. The first kappa shape index (κ1) is 17.2. The number of alkyl halides is 3. The van der Waals surface area contributed by atoms with Gasteiger partial charge in [-0.3, -0.25) is 0 Å². The summed E-state index contributed by atoms with van der Waals surface area (Å²) in [4.78, 5) is 13.6. The van der Waals surface area contributed by atoms with Gasteiger partial charge in [0.1, 0.15) is 0 Å². The standard InChI is InChI=1S/C13H18Cl3N3O/c14-5-8-17-13(20)18-11-1-3-12(4-2-11)19(9-6-15)10-7-16/h1-4H,5-10H2,(H2,17,18,20). The molecule has 0 bridgehead atoms. The fourth-order valence-electron chi connectivity index (χ4n) is 1.67. The highest BCUT2D eigenvalue weighted by Gasteiger charge is 2.06. The lowest BCUT2D eigenvalue weighted by Crippen LogP contribution is -2.30. The Hall–Kier alpha value is -0.840. The van der Waals surface area contributed by atoms with Crippen molar-refractivity contribution in [1.82, 2.24) is 5.32 Å². The number of carbonyl (C=O) groups excluding carboxylic acids is 1. The number of rotatable bonds is 8.